The molecule has 1 atom stereocenters. The van der Waals surface area contributed by atoms with Gasteiger partial charge in [0.2, 0.25) is 5.91 Å². The molecular formula is C17H26N2O5. The zero-order valence-corrected chi connectivity index (χ0v) is 14.2. The van der Waals surface area contributed by atoms with Crippen LogP contribution in [0.5, 0.6) is 0 Å². The highest BCUT2D eigenvalue weighted by Crippen LogP contribution is 2.02. The van der Waals surface area contributed by atoms with E-state index in [1.807, 2.05) is 19.9 Å². The number of primary amides is 1. The highest BCUT2D eigenvalue weighted by atomic mass is 16.5. The average Bonchev–Trinajstić information content (AvgIpc) is 2.60. The lowest BCUT2D eigenvalue weighted by atomic mass is 10.1. The predicted molar refractivity (Wildman–Crippen MR) is 92.2 cm³/mol. The minimum Gasteiger partial charge on any atom is -0.481 e. The maximum atomic E-state index is 11.5. The molecule has 24 heavy (non-hydrogen) atoms. The van der Waals surface area contributed by atoms with Crippen molar-refractivity contribution in [3.8, 4) is 0 Å². The van der Waals surface area contributed by atoms with Gasteiger partial charge in [-0.3, -0.25) is 9.59 Å². The normalized spacial score (nSPS) is 9.92. The molecule has 0 radical (unpaired) electrons. The average molecular weight is 338 g/mol. The lowest BCUT2D eigenvalue weighted by Crippen LogP contribution is -2.44. The molecule has 0 aromatic heterocycles. The molecule has 0 fully saturated rings. The second kappa shape index (κ2) is 15.1. The summed E-state index contributed by atoms with van der Waals surface area (Å²) >= 11 is 0. The molecule has 0 saturated carbocycles. The van der Waals surface area contributed by atoms with Crippen molar-refractivity contribution in [1.82, 2.24) is 5.32 Å². The van der Waals surface area contributed by atoms with Crippen LogP contribution in [-0.4, -0.2) is 29.1 Å². The lowest BCUT2D eigenvalue weighted by molar-refractivity contribution is -0.137. The van der Waals surface area contributed by atoms with Crippen molar-refractivity contribution in [2.75, 3.05) is 0 Å². The summed E-state index contributed by atoms with van der Waals surface area (Å²) < 4.78 is 4.91. The van der Waals surface area contributed by atoms with E-state index >= 15 is 0 Å². The Morgan fingerprint density at radius 2 is 1.75 bits per heavy atom. The van der Waals surface area contributed by atoms with Crippen LogP contribution in [0.2, 0.25) is 0 Å². The van der Waals surface area contributed by atoms with Crippen LogP contribution in [0.25, 0.3) is 0 Å². The third-order valence-corrected chi connectivity index (χ3v) is 2.50. The maximum Gasteiger partial charge on any atom is 0.408 e. The van der Waals surface area contributed by atoms with Crippen molar-refractivity contribution in [2.45, 2.75) is 39.3 Å². The van der Waals surface area contributed by atoms with Gasteiger partial charge in [-0.1, -0.05) is 44.2 Å². The number of alkyl carbamates (subject to hydrolysis) is 1. The van der Waals surface area contributed by atoms with Crippen molar-refractivity contribution in [3.63, 3.8) is 0 Å². The fourth-order valence-corrected chi connectivity index (χ4v) is 1.46. The van der Waals surface area contributed by atoms with E-state index in [0.717, 1.165) is 5.56 Å². The van der Waals surface area contributed by atoms with Crippen LogP contribution >= 0.6 is 0 Å². The fourth-order valence-electron chi connectivity index (χ4n) is 1.46. The summed E-state index contributed by atoms with van der Waals surface area (Å²) in [7, 11) is 0. The Kier molecular flexibility index (Phi) is 14.7. The number of carboxylic acids is 1. The molecule has 7 nitrogen and oxygen atoms in total. The second-order valence-electron chi connectivity index (χ2n) is 4.09. The number of hydrogen-bond donors (Lipinski definition) is 3. The largest absolute Gasteiger partial charge is 0.481 e. The van der Waals surface area contributed by atoms with Crippen LogP contribution in [-0.2, 0) is 20.9 Å². The van der Waals surface area contributed by atoms with Gasteiger partial charge in [-0.25, -0.2) is 4.79 Å². The number of rotatable bonds is 7. The van der Waals surface area contributed by atoms with Gasteiger partial charge in [0, 0.05) is 6.42 Å². The van der Waals surface area contributed by atoms with Gasteiger partial charge < -0.3 is 20.9 Å². The monoisotopic (exact) mass is 338 g/mol. The fraction of sp³-hybridized carbons (Fsp3) is 0.353. The van der Waals surface area contributed by atoms with Crippen molar-refractivity contribution < 1.29 is 24.2 Å². The number of amides is 2. The van der Waals surface area contributed by atoms with Gasteiger partial charge in [0.1, 0.15) is 12.6 Å². The molecule has 0 aliphatic rings. The molecule has 0 aliphatic heterocycles. The lowest BCUT2D eigenvalue weighted by Gasteiger charge is -2.14. The Morgan fingerprint density at radius 3 is 2.21 bits per heavy atom. The molecule has 0 heterocycles. The summed E-state index contributed by atoms with van der Waals surface area (Å²) in [5, 5.41) is 10.8. The standard InChI is InChI=1S/C13H16N2O5.C2H6.C2H4/c14-12(18)10(6-7-11(16)17)15-13(19)20-8-9-4-2-1-3-5-9;2*1-2/h1-5,10H,6-8H2,(H2,14,18)(H,15,19)(H,16,17);1-2H3;1-2H2. The molecule has 1 aromatic rings. The van der Waals surface area contributed by atoms with Crippen molar-refractivity contribution in [3.05, 3.63) is 49.1 Å². The minimum atomic E-state index is -1.07. The number of carboxylic acid groups (broad SMARTS) is 1. The predicted octanol–water partition coefficient (Wildman–Crippen LogP) is 2.46. The SMILES string of the molecule is C=C.CC.NC(=O)C(CCC(=O)O)NC(=O)OCc1ccccc1. The van der Waals surface area contributed by atoms with Gasteiger partial charge in [-0.05, 0) is 12.0 Å². The maximum absolute atomic E-state index is 11.5. The quantitative estimate of drug-likeness (QED) is 0.660. The number of carbonyl (C=O) groups is 3. The zero-order chi connectivity index (χ0) is 19.0. The van der Waals surface area contributed by atoms with Gasteiger partial charge >= 0.3 is 12.1 Å². The smallest absolute Gasteiger partial charge is 0.408 e. The van der Waals surface area contributed by atoms with E-state index in [0.29, 0.717) is 0 Å². The highest BCUT2D eigenvalue weighted by Gasteiger charge is 2.19. The van der Waals surface area contributed by atoms with Crippen LogP contribution in [0, 0.1) is 0 Å². The molecule has 0 spiro atoms. The summed E-state index contributed by atoms with van der Waals surface area (Å²) in [6.07, 6.45) is -1.17. The van der Waals surface area contributed by atoms with E-state index in [1.54, 1.807) is 24.3 Å². The van der Waals surface area contributed by atoms with Crippen molar-refractivity contribution in [1.29, 1.82) is 0 Å². The number of aliphatic carboxylic acids is 1. The number of ether oxygens (including phenoxy) is 1. The van der Waals surface area contributed by atoms with Gasteiger partial charge in [0.05, 0.1) is 0 Å². The molecule has 134 valence electrons. The van der Waals surface area contributed by atoms with Gasteiger partial charge in [0.15, 0.2) is 0 Å². The molecule has 4 N–H and O–H groups in total. The molecule has 1 aromatic carbocycles. The molecule has 7 heteroatoms. The summed E-state index contributed by atoms with van der Waals surface area (Å²) in [5.74, 6) is -1.88. The first-order chi connectivity index (χ1) is 11.5. The number of nitrogens with two attached hydrogens (primary N) is 1. The number of benzene rings is 1. The van der Waals surface area contributed by atoms with Gasteiger partial charge in [0.25, 0.3) is 0 Å². The number of hydrogen-bond acceptors (Lipinski definition) is 4. The summed E-state index contributed by atoms with van der Waals surface area (Å²) in [4.78, 5) is 33.0. The zero-order valence-electron chi connectivity index (χ0n) is 14.2. The van der Waals surface area contributed by atoms with Crippen LogP contribution < -0.4 is 11.1 Å². The third kappa shape index (κ3) is 11.8. The molecule has 1 rings (SSSR count). The molecule has 1 unspecified atom stereocenters. The van der Waals surface area contributed by atoms with E-state index in [9.17, 15) is 14.4 Å². The first-order valence-electron chi connectivity index (χ1n) is 7.47. The summed E-state index contributed by atoms with van der Waals surface area (Å²) in [5.41, 5.74) is 5.87. The summed E-state index contributed by atoms with van der Waals surface area (Å²) in [6.45, 7) is 10.1. The second-order valence-corrected chi connectivity index (χ2v) is 4.09. The first kappa shape index (κ1) is 23.4. The molecule has 0 aliphatic carbocycles. The van der Waals surface area contributed by atoms with E-state index in [4.69, 9.17) is 15.6 Å². The van der Waals surface area contributed by atoms with Gasteiger partial charge in [-0.15, -0.1) is 13.2 Å². The Balaban J connectivity index is 0. The number of nitrogens with one attached hydrogen (secondary N) is 1. The van der Waals surface area contributed by atoms with E-state index in [2.05, 4.69) is 18.5 Å². The number of carbonyl (C=O) groups excluding carboxylic acids is 2. The van der Waals surface area contributed by atoms with Crippen LogP contribution in [0.4, 0.5) is 4.79 Å². The summed E-state index contributed by atoms with van der Waals surface area (Å²) in [6, 6.07) is 7.94. The van der Waals surface area contributed by atoms with Crippen LogP contribution in [0.3, 0.4) is 0 Å². The highest BCUT2D eigenvalue weighted by molar-refractivity contribution is 5.84. The van der Waals surface area contributed by atoms with E-state index in [1.165, 1.54) is 0 Å². The minimum absolute atomic E-state index is 0.0527. The van der Waals surface area contributed by atoms with Gasteiger partial charge in [-0.2, -0.15) is 0 Å². The molecule has 2 amide bonds. The Bertz CT molecular complexity index is 491. The Morgan fingerprint density at radius 1 is 1.21 bits per heavy atom. The topological polar surface area (TPSA) is 119 Å². The van der Waals surface area contributed by atoms with E-state index in [-0.39, 0.29) is 19.4 Å². The van der Waals surface area contributed by atoms with Crippen LogP contribution in [0.1, 0.15) is 32.3 Å². The third-order valence-electron chi connectivity index (χ3n) is 2.50. The Labute approximate surface area is 142 Å². The van der Waals surface area contributed by atoms with E-state index < -0.39 is 24.0 Å². The van der Waals surface area contributed by atoms with Crippen LogP contribution in [0.15, 0.2) is 43.5 Å². The van der Waals surface area contributed by atoms with Crippen molar-refractivity contribution >= 4 is 18.0 Å². The molecular weight excluding hydrogens is 312 g/mol. The Hall–Kier alpha value is -2.83. The first-order valence-corrected chi connectivity index (χ1v) is 7.47. The molecule has 0 bridgehead atoms. The van der Waals surface area contributed by atoms with Crippen molar-refractivity contribution in [2.24, 2.45) is 5.73 Å². The molecule has 0 saturated heterocycles.